The lowest BCUT2D eigenvalue weighted by Crippen LogP contribution is -2.55. The van der Waals surface area contributed by atoms with E-state index in [1.54, 1.807) is 30.3 Å². The van der Waals surface area contributed by atoms with Crippen LogP contribution in [0.2, 0.25) is 0 Å². The fraction of sp³-hybridized carbons (Fsp3) is 0.543. The van der Waals surface area contributed by atoms with Gasteiger partial charge in [-0.1, -0.05) is 52.0 Å². The molecule has 2 aliphatic rings. The molecule has 1 saturated heterocycles. The van der Waals surface area contributed by atoms with Gasteiger partial charge in [0.25, 0.3) is 5.91 Å². The molecule has 3 atom stereocenters. The highest BCUT2D eigenvalue weighted by Gasteiger charge is 2.37. The van der Waals surface area contributed by atoms with Crippen LogP contribution in [0.4, 0.5) is 4.39 Å². The molecule has 2 aromatic rings. The number of halogens is 1. The normalized spacial score (nSPS) is 22.5. The number of benzene rings is 2. The number of hydrogen-bond acceptors (Lipinski definition) is 6. The maximum Gasteiger partial charge on any atom is 0.255 e. The molecule has 11 heteroatoms. The quantitative estimate of drug-likeness (QED) is 0.349. The summed E-state index contributed by atoms with van der Waals surface area (Å²) in [5.41, 5.74) is 0.357. The Hall–Kier alpha value is -3.99. The van der Waals surface area contributed by atoms with Crippen LogP contribution in [0.1, 0.15) is 75.7 Å². The van der Waals surface area contributed by atoms with Crippen molar-refractivity contribution in [1.82, 2.24) is 21.3 Å². The zero-order chi connectivity index (χ0) is 33.3. The largest absolute Gasteiger partial charge is 0.491 e. The van der Waals surface area contributed by atoms with Gasteiger partial charge in [-0.3, -0.25) is 19.2 Å². The minimum Gasteiger partial charge on any atom is -0.491 e. The Morgan fingerprint density at radius 2 is 1.67 bits per heavy atom. The molecule has 4 N–H and O–H groups in total. The summed E-state index contributed by atoms with van der Waals surface area (Å²) in [5.74, 6) is -1.75. The molecule has 46 heavy (non-hydrogen) atoms. The molecular formula is C35H47FN4O6. The Morgan fingerprint density at radius 3 is 2.37 bits per heavy atom. The first kappa shape index (κ1) is 34.9. The van der Waals surface area contributed by atoms with Crippen molar-refractivity contribution in [3.63, 3.8) is 0 Å². The molecule has 0 aromatic heterocycles. The van der Waals surface area contributed by atoms with Crippen LogP contribution in [0.25, 0.3) is 0 Å². The summed E-state index contributed by atoms with van der Waals surface area (Å²) < 4.78 is 25.9. The topological polar surface area (TPSA) is 135 Å². The predicted molar refractivity (Wildman–Crippen MR) is 172 cm³/mol. The van der Waals surface area contributed by atoms with Crippen molar-refractivity contribution < 1.29 is 33.0 Å². The van der Waals surface area contributed by atoms with Crippen LogP contribution in [0, 0.1) is 17.7 Å². The fourth-order valence-electron chi connectivity index (χ4n) is 6.12. The second-order valence-electron chi connectivity index (χ2n) is 13.2. The van der Waals surface area contributed by atoms with Crippen molar-refractivity contribution in [2.24, 2.45) is 11.8 Å². The maximum atomic E-state index is 14.2. The zero-order valence-electron chi connectivity index (χ0n) is 27.2. The number of hydrogen-bond donors (Lipinski definition) is 4. The van der Waals surface area contributed by atoms with E-state index in [0.29, 0.717) is 44.6 Å². The molecule has 0 unspecified atom stereocenters. The molecule has 4 amide bonds. The number of rotatable bonds is 8. The molecule has 2 aromatic carbocycles. The Morgan fingerprint density at radius 1 is 0.957 bits per heavy atom. The van der Waals surface area contributed by atoms with Crippen molar-refractivity contribution in [2.45, 2.75) is 83.3 Å². The van der Waals surface area contributed by atoms with Crippen LogP contribution in [0.15, 0.2) is 48.5 Å². The number of amides is 4. The minimum atomic E-state index is -1.26. The first-order valence-corrected chi connectivity index (χ1v) is 16.2. The fourth-order valence-corrected chi connectivity index (χ4v) is 6.12. The van der Waals surface area contributed by atoms with Gasteiger partial charge in [-0.15, -0.1) is 0 Å². The molecule has 10 nitrogen and oxygen atoms in total. The molecular weight excluding hydrogens is 591 g/mol. The highest BCUT2D eigenvalue weighted by atomic mass is 19.1. The molecule has 250 valence electrons. The van der Waals surface area contributed by atoms with E-state index in [4.69, 9.17) is 9.47 Å². The molecule has 0 bridgehead atoms. The summed E-state index contributed by atoms with van der Waals surface area (Å²) in [5, 5.41) is 11.5. The van der Waals surface area contributed by atoms with Gasteiger partial charge in [-0.25, -0.2) is 4.39 Å². The van der Waals surface area contributed by atoms with Crippen molar-refractivity contribution >= 4 is 23.6 Å². The van der Waals surface area contributed by atoms with Crippen LogP contribution in [0.5, 0.6) is 5.75 Å². The molecule has 0 aliphatic carbocycles. The number of carbonyl (C=O) groups excluding carboxylic acids is 4. The lowest BCUT2D eigenvalue weighted by atomic mass is 9.74. The lowest BCUT2D eigenvalue weighted by molar-refractivity contribution is -0.131. The molecule has 0 radical (unpaired) electrons. The Balaban J connectivity index is 1.62. The SMILES string of the molecule is CC(C)C[C@@H]1COc2ccccc2C(=O)N[C@H](C(=O)NCC2(c3cccc(F)c3)CCOCC2)CC(=O)N[C@H](CC(C)C)C(=O)N1. The van der Waals surface area contributed by atoms with E-state index in [2.05, 4.69) is 21.3 Å². The molecule has 0 spiro atoms. The standard InChI is InChI=1S/C35H47FN4O6/c1-22(2)16-26-20-46-30-11-6-5-10-27(30)32(42)40-29(19-31(41)39-28(17-23(3)4)34(44)38-26)33(43)37-21-35(12-14-45-15-13-35)24-8-7-9-25(36)18-24/h5-11,18,22-23,26,28-29H,12-17,19-21H2,1-4H3,(H,37,43)(H,38,44)(H,39,41)(H,40,42)/t26-,28-,29+/m1/s1. The smallest absolute Gasteiger partial charge is 0.255 e. The van der Waals surface area contributed by atoms with Gasteiger partial charge >= 0.3 is 0 Å². The van der Waals surface area contributed by atoms with Crippen LogP contribution < -0.4 is 26.0 Å². The monoisotopic (exact) mass is 638 g/mol. The van der Waals surface area contributed by atoms with Crippen LogP contribution in [-0.2, 0) is 24.5 Å². The molecule has 1 fully saturated rings. The average molecular weight is 639 g/mol. The van der Waals surface area contributed by atoms with E-state index >= 15 is 0 Å². The van der Waals surface area contributed by atoms with Gasteiger partial charge in [0.2, 0.25) is 17.7 Å². The lowest BCUT2D eigenvalue weighted by Gasteiger charge is -2.38. The highest BCUT2D eigenvalue weighted by Crippen LogP contribution is 2.34. The van der Waals surface area contributed by atoms with Crippen molar-refractivity contribution in [1.29, 1.82) is 0 Å². The van der Waals surface area contributed by atoms with Gasteiger partial charge in [-0.05, 0) is 67.3 Å². The first-order valence-electron chi connectivity index (χ1n) is 16.2. The number of fused-ring (bicyclic) bond motifs is 1. The van der Waals surface area contributed by atoms with Gasteiger partial charge in [0, 0.05) is 25.2 Å². The second kappa shape index (κ2) is 16.0. The zero-order valence-corrected chi connectivity index (χ0v) is 27.2. The summed E-state index contributed by atoms with van der Waals surface area (Å²) in [6.45, 7) is 9.16. The molecule has 2 heterocycles. The maximum absolute atomic E-state index is 14.2. The number of ether oxygens (including phenoxy) is 2. The van der Waals surface area contributed by atoms with E-state index in [-0.39, 0.29) is 48.3 Å². The first-order chi connectivity index (χ1) is 22.0. The van der Waals surface area contributed by atoms with Gasteiger partial charge in [0.05, 0.1) is 18.0 Å². The summed E-state index contributed by atoms with van der Waals surface area (Å²) >= 11 is 0. The Bertz CT molecular complexity index is 1380. The number of para-hydroxylation sites is 1. The van der Waals surface area contributed by atoms with Crippen molar-refractivity contribution in [3.8, 4) is 5.75 Å². The Kier molecular flexibility index (Phi) is 12.1. The van der Waals surface area contributed by atoms with Gasteiger partial charge in [0.1, 0.15) is 30.3 Å². The van der Waals surface area contributed by atoms with Gasteiger partial charge < -0.3 is 30.7 Å². The average Bonchev–Trinajstić information content (AvgIpc) is 3.01. The third-order valence-corrected chi connectivity index (χ3v) is 8.53. The predicted octanol–water partition coefficient (Wildman–Crippen LogP) is 3.63. The second-order valence-corrected chi connectivity index (χ2v) is 13.2. The van der Waals surface area contributed by atoms with Gasteiger partial charge in [0.15, 0.2) is 0 Å². The van der Waals surface area contributed by atoms with E-state index < -0.39 is 41.6 Å². The summed E-state index contributed by atoms with van der Waals surface area (Å²) in [6.07, 6.45) is 1.74. The summed E-state index contributed by atoms with van der Waals surface area (Å²) in [4.78, 5) is 54.3. The molecule has 0 saturated carbocycles. The van der Waals surface area contributed by atoms with Crippen molar-refractivity contribution in [2.75, 3.05) is 26.4 Å². The van der Waals surface area contributed by atoms with E-state index in [1.165, 1.54) is 12.1 Å². The van der Waals surface area contributed by atoms with E-state index in [9.17, 15) is 23.6 Å². The number of carbonyl (C=O) groups is 4. The Labute approximate surface area is 270 Å². The highest BCUT2D eigenvalue weighted by molar-refractivity contribution is 6.01. The third-order valence-electron chi connectivity index (χ3n) is 8.53. The summed E-state index contributed by atoms with van der Waals surface area (Å²) in [7, 11) is 0. The molecule has 2 aliphatic heterocycles. The summed E-state index contributed by atoms with van der Waals surface area (Å²) in [6, 6.07) is 10.5. The van der Waals surface area contributed by atoms with Crippen LogP contribution >= 0.6 is 0 Å². The van der Waals surface area contributed by atoms with Crippen LogP contribution in [-0.4, -0.2) is 68.1 Å². The van der Waals surface area contributed by atoms with Crippen LogP contribution in [0.3, 0.4) is 0 Å². The van der Waals surface area contributed by atoms with E-state index in [0.717, 1.165) is 5.56 Å². The third kappa shape index (κ3) is 9.51. The van der Waals surface area contributed by atoms with Crippen molar-refractivity contribution in [3.05, 3.63) is 65.5 Å². The number of nitrogens with one attached hydrogen (secondary N) is 4. The van der Waals surface area contributed by atoms with Gasteiger partial charge in [-0.2, -0.15) is 0 Å². The molecule has 4 rings (SSSR count). The van der Waals surface area contributed by atoms with E-state index in [1.807, 2.05) is 33.8 Å². The minimum absolute atomic E-state index is 0.0962.